The minimum absolute atomic E-state index is 0.0441. The van der Waals surface area contributed by atoms with Crippen molar-refractivity contribution in [3.05, 3.63) is 148 Å². The Kier molecular flexibility index (Phi) is 9.80. The SMILES string of the molecule is O=C(Nc1cccc(SCC(=O)N2c3ccccc3Sc3ccccc32)c1)/C(=C/c1c(Cl)cccc1Cl)NC(=O)c1ccccc1. The van der Waals surface area contributed by atoms with Gasteiger partial charge >= 0.3 is 0 Å². The van der Waals surface area contributed by atoms with Crippen LogP contribution in [-0.4, -0.2) is 23.5 Å². The van der Waals surface area contributed by atoms with E-state index in [9.17, 15) is 14.4 Å². The molecule has 0 radical (unpaired) electrons. The topological polar surface area (TPSA) is 78.5 Å². The zero-order chi connectivity index (χ0) is 32.0. The van der Waals surface area contributed by atoms with Crippen LogP contribution in [0.15, 0.2) is 142 Å². The van der Waals surface area contributed by atoms with E-state index in [1.807, 2.05) is 54.6 Å². The van der Waals surface area contributed by atoms with Gasteiger partial charge in [0, 0.05) is 41.5 Å². The molecule has 6 nitrogen and oxygen atoms in total. The number of nitrogens with zero attached hydrogens (tertiary/aromatic N) is 1. The largest absolute Gasteiger partial charge is 0.321 e. The molecule has 10 heteroatoms. The standard InChI is InChI=1S/C36H25Cl2N3O3S2/c37-27-14-9-15-28(38)26(27)21-29(40-35(43)23-10-2-1-3-11-23)36(44)39-24-12-8-13-25(20-24)45-22-34(42)41-30-16-4-6-18-32(30)46-33-19-7-5-17-31(33)41/h1-21H,22H2,(H,39,44)(H,40,43)/b29-21-. The van der Waals surface area contributed by atoms with Crippen molar-refractivity contribution in [1.82, 2.24) is 5.32 Å². The molecule has 0 bridgehead atoms. The number of para-hydroxylation sites is 2. The second-order valence-electron chi connectivity index (χ2n) is 10.1. The lowest BCUT2D eigenvalue weighted by molar-refractivity contribution is -0.115. The van der Waals surface area contributed by atoms with E-state index in [1.165, 1.54) is 17.8 Å². The second kappa shape index (κ2) is 14.3. The van der Waals surface area contributed by atoms with Gasteiger partial charge in [-0.2, -0.15) is 0 Å². The third-order valence-corrected chi connectivity index (χ3v) is 9.72. The maximum absolute atomic E-state index is 13.7. The number of benzene rings is 5. The zero-order valence-electron chi connectivity index (χ0n) is 24.1. The summed E-state index contributed by atoms with van der Waals surface area (Å²) >= 11 is 15.8. The molecule has 5 aromatic rings. The van der Waals surface area contributed by atoms with E-state index in [0.717, 1.165) is 26.1 Å². The van der Waals surface area contributed by atoms with Crippen LogP contribution >= 0.6 is 46.7 Å². The molecule has 0 fully saturated rings. The van der Waals surface area contributed by atoms with Gasteiger partial charge in [-0.3, -0.25) is 19.3 Å². The number of carbonyl (C=O) groups is 3. The molecule has 3 amide bonds. The molecule has 1 aliphatic heterocycles. The van der Waals surface area contributed by atoms with E-state index in [0.29, 0.717) is 26.9 Å². The molecule has 46 heavy (non-hydrogen) atoms. The number of hydrogen-bond acceptors (Lipinski definition) is 5. The van der Waals surface area contributed by atoms with Crippen molar-refractivity contribution in [3.63, 3.8) is 0 Å². The number of halogens is 2. The maximum atomic E-state index is 13.7. The molecule has 228 valence electrons. The van der Waals surface area contributed by atoms with Crippen LogP contribution in [0.1, 0.15) is 15.9 Å². The third kappa shape index (κ3) is 7.16. The molecule has 1 heterocycles. The average Bonchev–Trinajstić information content (AvgIpc) is 3.07. The average molecular weight is 683 g/mol. The Bertz CT molecular complexity index is 1920. The summed E-state index contributed by atoms with van der Waals surface area (Å²) in [5.41, 5.74) is 2.93. The van der Waals surface area contributed by atoms with Crippen molar-refractivity contribution in [2.24, 2.45) is 0 Å². The van der Waals surface area contributed by atoms with Crippen LogP contribution in [0.25, 0.3) is 6.08 Å². The first-order valence-electron chi connectivity index (χ1n) is 14.1. The molecule has 0 aliphatic carbocycles. The van der Waals surface area contributed by atoms with Crippen LogP contribution in [-0.2, 0) is 9.59 Å². The molecular weight excluding hydrogens is 657 g/mol. The molecule has 0 unspecified atom stereocenters. The Labute approximate surface area is 284 Å². The van der Waals surface area contributed by atoms with Crippen molar-refractivity contribution in [2.75, 3.05) is 16.0 Å². The molecule has 0 spiro atoms. The van der Waals surface area contributed by atoms with Crippen LogP contribution in [0, 0.1) is 0 Å². The molecular formula is C36H25Cl2N3O3S2. The third-order valence-electron chi connectivity index (χ3n) is 6.95. The highest BCUT2D eigenvalue weighted by molar-refractivity contribution is 8.00. The minimum atomic E-state index is -0.572. The fourth-order valence-corrected chi connectivity index (χ4v) is 7.15. The van der Waals surface area contributed by atoms with Gasteiger partial charge in [-0.05, 0) is 72.8 Å². The van der Waals surface area contributed by atoms with Gasteiger partial charge in [-0.25, -0.2) is 0 Å². The number of thioether (sulfide) groups is 1. The van der Waals surface area contributed by atoms with E-state index in [4.69, 9.17) is 23.2 Å². The Morgan fingerprint density at radius 3 is 2.02 bits per heavy atom. The summed E-state index contributed by atoms with van der Waals surface area (Å²) in [6.45, 7) is 0. The number of carbonyl (C=O) groups excluding carboxylic acids is 3. The van der Waals surface area contributed by atoms with Gasteiger partial charge in [0.05, 0.1) is 17.1 Å². The zero-order valence-corrected chi connectivity index (χ0v) is 27.2. The summed E-state index contributed by atoms with van der Waals surface area (Å²) in [7, 11) is 0. The van der Waals surface area contributed by atoms with E-state index in [-0.39, 0.29) is 17.4 Å². The summed E-state index contributed by atoms with van der Waals surface area (Å²) < 4.78 is 0. The molecule has 0 saturated heterocycles. The van der Waals surface area contributed by atoms with Gasteiger partial charge in [0.2, 0.25) is 5.91 Å². The van der Waals surface area contributed by atoms with E-state index >= 15 is 0 Å². The van der Waals surface area contributed by atoms with Gasteiger partial charge in [-0.15, -0.1) is 11.8 Å². The highest BCUT2D eigenvalue weighted by Crippen LogP contribution is 2.48. The lowest BCUT2D eigenvalue weighted by atomic mass is 10.1. The molecule has 0 saturated carbocycles. The monoisotopic (exact) mass is 681 g/mol. The van der Waals surface area contributed by atoms with Crippen LogP contribution in [0.4, 0.5) is 17.1 Å². The highest BCUT2D eigenvalue weighted by atomic mass is 35.5. The van der Waals surface area contributed by atoms with Gasteiger partial charge in [-0.1, -0.05) is 89.6 Å². The number of fused-ring (bicyclic) bond motifs is 2. The van der Waals surface area contributed by atoms with Crippen LogP contribution in [0.5, 0.6) is 0 Å². The van der Waals surface area contributed by atoms with Crippen molar-refractivity contribution in [2.45, 2.75) is 14.7 Å². The Morgan fingerprint density at radius 1 is 0.739 bits per heavy atom. The summed E-state index contributed by atoms with van der Waals surface area (Å²) in [5, 5.41) is 6.21. The van der Waals surface area contributed by atoms with Gasteiger partial charge in [0.15, 0.2) is 0 Å². The fraction of sp³-hybridized carbons (Fsp3) is 0.0278. The number of nitrogens with one attached hydrogen (secondary N) is 2. The number of hydrogen-bond donors (Lipinski definition) is 2. The Balaban J connectivity index is 1.20. The summed E-state index contributed by atoms with van der Waals surface area (Å²) in [5.74, 6) is -0.927. The summed E-state index contributed by atoms with van der Waals surface area (Å²) in [4.78, 5) is 44.8. The van der Waals surface area contributed by atoms with Crippen LogP contribution in [0.2, 0.25) is 10.0 Å². The molecule has 0 aromatic heterocycles. The Hall–Kier alpha value is -4.47. The normalized spacial score (nSPS) is 12.1. The molecule has 6 rings (SSSR count). The van der Waals surface area contributed by atoms with Gasteiger partial charge in [0.25, 0.3) is 11.8 Å². The quantitative estimate of drug-likeness (QED) is 0.126. The first kappa shape index (κ1) is 31.5. The predicted octanol–water partition coefficient (Wildman–Crippen LogP) is 9.32. The maximum Gasteiger partial charge on any atom is 0.272 e. The molecule has 5 aromatic carbocycles. The second-order valence-corrected chi connectivity index (χ2v) is 13.0. The van der Waals surface area contributed by atoms with Gasteiger partial charge in [0.1, 0.15) is 5.70 Å². The number of anilines is 3. The Morgan fingerprint density at radius 2 is 1.35 bits per heavy atom. The minimum Gasteiger partial charge on any atom is -0.321 e. The smallest absolute Gasteiger partial charge is 0.272 e. The predicted molar refractivity (Wildman–Crippen MR) is 188 cm³/mol. The number of rotatable bonds is 8. The van der Waals surface area contributed by atoms with Crippen molar-refractivity contribution in [3.8, 4) is 0 Å². The molecule has 2 N–H and O–H groups in total. The van der Waals surface area contributed by atoms with Crippen molar-refractivity contribution < 1.29 is 14.4 Å². The lowest BCUT2D eigenvalue weighted by Crippen LogP contribution is -2.30. The van der Waals surface area contributed by atoms with Crippen molar-refractivity contribution in [1.29, 1.82) is 0 Å². The first-order valence-corrected chi connectivity index (χ1v) is 16.7. The van der Waals surface area contributed by atoms with E-state index in [2.05, 4.69) is 10.6 Å². The summed E-state index contributed by atoms with van der Waals surface area (Å²) in [6, 6.07) is 36.5. The summed E-state index contributed by atoms with van der Waals surface area (Å²) in [6.07, 6.45) is 1.45. The van der Waals surface area contributed by atoms with Crippen LogP contribution in [0.3, 0.4) is 0 Å². The lowest BCUT2D eigenvalue weighted by Gasteiger charge is -2.31. The van der Waals surface area contributed by atoms with E-state index < -0.39 is 11.8 Å². The van der Waals surface area contributed by atoms with Gasteiger partial charge < -0.3 is 10.6 Å². The van der Waals surface area contributed by atoms with Crippen molar-refractivity contribution >= 4 is 87.6 Å². The van der Waals surface area contributed by atoms with E-state index in [1.54, 1.807) is 83.4 Å². The van der Waals surface area contributed by atoms with Crippen LogP contribution < -0.4 is 15.5 Å². The molecule has 0 atom stereocenters. The highest BCUT2D eigenvalue weighted by Gasteiger charge is 2.27. The molecule has 1 aliphatic rings. The fourth-order valence-electron chi connectivity index (χ4n) is 4.78. The first-order chi connectivity index (χ1) is 22.4. The number of amides is 3.